The molecule has 1 nitrogen and oxygen atoms in total. The Hall–Kier alpha value is -0.820. The molecule has 1 heteroatoms. The summed E-state index contributed by atoms with van der Waals surface area (Å²) >= 11 is 0. The molecule has 0 unspecified atom stereocenters. The van der Waals surface area contributed by atoms with Crippen LogP contribution in [0.1, 0.15) is 62.5 Å². The summed E-state index contributed by atoms with van der Waals surface area (Å²) < 4.78 is 5.43. The topological polar surface area (TPSA) is 9.23 Å². The van der Waals surface area contributed by atoms with E-state index in [9.17, 15) is 0 Å². The van der Waals surface area contributed by atoms with Gasteiger partial charge in [-0.25, -0.2) is 0 Å². The van der Waals surface area contributed by atoms with Gasteiger partial charge in [-0.3, -0.25) is 0 Å². The van der Waals surface area contributed by atoms with Gasteiger partial charge in [0.1, 0.15) is 0 Å². The van der Waals surface area contributed by atoms with E-state index in [1.807, 2.05) is 7.11 Å². The summed E-state index contributed by atoms with van der Waals surface area (Å²) in [4.78, 5) is 0. The van der Waals surface area contributed by atoms with E-state index in [1.54, 1.807) is 0 Å². The molecule has 0 saturated heterocycles. The Labute approximate surface area is 105 Å². The van der Waals surface area contributed by atoms with Crippen LogP contribution in [0.15, 0.2) is 24.3 Å². The fourth-order valence-corrected chi connectivity index (χ4v) is 2.78. The molecule has 2 rings (SSSR count). The van der Waals surface area contributed by atoms with Gasteiger partial charge >= 0.3 is 0 Å². The number of ether oxygens (including phenoxy) is 1. The monoisotopic (exact) mass is 232 g/mol. The summed E-state index contributed by atoms with van der Waals surface area (Å²) in [7, 11) is 1.84. The fourth-order valence-electron chi connectivity index (χ4n) is 2.78. The van der Waals surface area contributed by atoms with Crippen molar-refractivity contribution in [3.8, 4) is 0 Å². The number of benzene rings is 1. The molecule has 1 fully saturated rings. The second kappa shape index (κ2) is 5.68. The Kier molecular flexibility index (Phi) is 4.22. The SMILES string of the molecule is COC1CCC(c2ccc(C(C)C)cc2)CC1. The molecule has 0 radical (unpaired) electrons. The van der Waals surface area contributed by atoms with Crippen LogP contribution in [0, 0.1) is 0 Å². The van der Waals surface area contributed by atoms with E-state index >= 15 is 0 Å². The average molecular weight is 232 g/mol. The molecule has 0 N–H and O–H groups in total. The van der Waals surface area contributed by atoms with Gasteiger partial charge in [0.2, 0.25) is 0 Å². The van der Waals surface area contributed by atoms with E-state index in [-0.39, 0.29) is 0 Å². The number of hydrogen-bond donors (Lipinski definition) is 0. The maximum atomic E-state index is 5.43. The highest BCUT2D eigenvalue weighted by Crippen LogP contribution is 2.34. The predicted octanol–water partition coefficient (Wildman–Crippen LogP) is 4.48. The van der Waals surface area contributed by atoms with Gasteiger partial charge in [-0.1, -0.05) is 38.1 Å². The Morgan fingerprint density at radius 3 is 2.06 bits per heavy atom. The van der Waals surface area contributed by atoms with Gasteiger partial charge < -0.3 is 4.74 Å². The van der Waals surface area contributed by atoms with Crippen molar-refractivity contribution in [2.45, 2.75) is 57.5 Å². The van der Waals surface area contributed by atoms with Crippen molar-refractivity contribution in [3.63, 3.8) is 0 Å². The third-order valence-corrected chi connectivity index (χ3v) is 4.08. The van der Waals surface area contributed by atoms with E-state index in [0.717, 1.165) is 5.92 Å². The molecular weight excluding hydrogens is 208 g/mol. The molecule has 0 amide bonds. The van der Waals surface area contributed by atoms with Crippen molar-refractivity contribution < 1.29 is 4.74 Å². The van der Waals surface area contributed by atoms with Crippen LogP contribution in [-0.2, 0) is 4.74 Å². The lowest BCUT2D eigenvalue weighted by Crippen LogP contribution is -2.19. The van der Waals surface area contributed by atoms with Crippen molar-refractivity contribution in [2.24, 2.45) is 0 Å². The second-order valence-electron chi connectivity index (χ2n) is 5.53. The minimum absolute atomic E-state index is 0.501. The van der Waals surface area contributed by atoms with Crippen LogP contribution in [0.3, 0.4) is 0 Å². The van der Waals surface area contributed by atoms with Crippen molar-refractivity contribution in [2.75, 3.05) is 7.11 Å². The van der Waals surface area contributed by atoms with Gasteiger partial charge in [-0.2, -0.15) is 0 Å². The number of hydrogen-bond acceptors (Lipinski definition) is 1. The van der Waals surface area contributed by atoms with Crippen molar-refractivity contribution in [1.82, 2.24) is 0 Å². The highest BCUT2D eigenvalue weighted by molar-refractivity contribution is 5.27. The maximum Gasteiger partial charge on any atom is 0.0571 e. The zero-order chi connectivity index (χ0) is 12.3. The lowest BCUT2D eigenvalue weighted by Gasteiger charge is -2.28. The van der Waals surface area contributed by atoms with Gasteiger partial charge in [0, 0.05) is 7.11 Å². The smallest absolute Gasteiger partial charge is 0.0571 e. The Balaban J connectivity index is 1.99. The summed E-state index contributed by atoms with van der Waals surface area (Å²) in [6.07, 6.45) is 5.49. The van der Waals surface area contributed by atoms with Gasteiger partial charge in [0.25, 0.3) is 0 Å². The molecule has 0 spiro atoms. The molecule has 0 atom stereocenters. The van der Waals surface area contributed by atoms with Crippen LogP contribution < -0.4 is 0 Å². The highest BCUT2D eigenvalue weighted by atomic mass is 16.5. The standard InChI is InChI=1S/C16H24O/c1-12(2)13-4-6-14(7-5-13)15-8-10-16(17-3)11-9-15/h4-7,12,15-16H,8-11H2,1-3H3. The quantitative estimate of drug-likeness (QED) is 0.746. The molecule has 17 heavy (non-hydrogen) atoms. The molecule has 1 aromatic rings. The van der Waals surface area contributed by atoms with Crippen LogP contribution in [0.2, 0.25) is 0 Å². The summed E-state index contributed by atoms with van der Waals surface area (Å²) in [5.74, 6) is 1.39. The van der Waals surface area contributed by atoms with E-state index < -0.39 is 0 Å². The predicted molar refractivity (Wildman–Crippen MR) is 72.5 cm³/mol. The summed E-state index contributed by atoms with van der Waals surface area (Å²) in [5.41, 5.74) is 2.96. The third-order valence-electron chi connectivity index (χ3n) is 4.08. The Bertz CT molecular complexity index is 331. The van der Waals surface area contributed by atoms with Gasteiger partial charge in [-0.15, -0.1) is 0 Å². The highest BCUT2D eigenvalue weighted by Gasteiger charge is 2.21. The minimum atomic E-state index is 0.501. The zero-order valence-corrected chi connectivity index (χ0v) is 11.3. The van der Waals surface area contributed by atoms with Crippen molar-refractivity contribution in [1.29, 1.82) is 0 Å². The summed E-state index contributed by atoms with van der Waals surface area (Å²) in [6.45, 7) is 4.50. The maximum absolute atomic E-state index is 5.43. The van der Waals surface area contributed by atoms with Crippen molar-refractivity contribution >= 4 is 0 Å². The van der Waals surface area contributed by atoms with E-state index in [0.29, 0.717) is 12.0 Å². The first kappa shape index (κ1) is 12.6. The van der Waals surface area contributed by atoms with Gasteiger partial charge in [0.05, 0.1) is 6.10 Å². The summed E-state index contributed by atoms with van der Waals surface area (Å²) in [5, 5.41) is 0. The van der Waals surface area contributed by atoms with Crippen LogP contribution in [-0.4, -0.2) is 13.2 Å². The molecule has 1 aliphatic carbocycles. The molecule has 0 bridgehead atoms. The normalized spacial score (nSPS) is 25.2. The lowest BCUT2D eigenvalue weighted by molar-refractivity contribution is 0.0659. The molecule has 0 aliphatic heterocycles. The molecule has 0 aromatic heterocycles. The largest absolute Gasteiger partial charge is 0.381 e. The number of rotatable bonds is 3. The Morgan fingerprint density at radius 1 is 1.00 bits per heavy atom. The van der Waals surface area contributed by atoms with E-state index in [1.165, 1.54) is 36.8 Å². The Morgan fingerprint density at radius 2 is 1.59 bits per heavy atom. The van der Waals surface area contributed by atoms with Gasteiger partial charge in [0.15, 0.2) is 0 Å². The first-order chi connectivity index (χ1) is 8.20. The molecular formula is C16H24O. The van der Waals surface area contributed by atoms with Crippen LogP contribution >= 0.6 is 0 Å². The zero-order valence-electron chi connectivity index (χ0n) is 11.3. The lowest BCUT2D eigenvalue weighted by atomic mass is 9.82. The fraction of sp³-hybridized carbons (Fsp3) is 0.625. The molecule has 94 valence electrons. The molecule has 1 aromatic carbocycles. The summed E-state index contributed by atoms with van der Waals surface area (Å²) in [6, 6.07) is 9.24. The third kappa shape index (κ3) is 3.10. The first-order valence-corrected chi connectivity index (χ1v) is 6.83. The molecule has 1 saturated carbocycles. The van der Waals surface area contributed by atoms with Gasteiger partial charge in [-0.05, 0) is 48.6 Å². The second-order valence-corrected chi connectivity index (χ2v) is 5.53. The van der Waals surface area contributed by atoms with Crippen LogP contribution in [0.5, 0.6) is 0 Å². The van der Waals surface area contributed by atoms with E-state index in [2.05, 4.69) is 38.1 Å². The molecule has 0 heterocycles. The van der Waals surface area contributed by atoms with Crippen LogP contribution in [0.4, 0.5) is 0 Å². The van der Waals surface area contributed by atoms with Crippen LogP contribution in [0.25, 0.3) is 0 Å². The number of methoxy groups -OCH3 is 1. The van der Waals surface area contributed by atoms with Crippen molar-refractivity contribution in [3.05, 3.63) is 35.4 Å². The molecule has 1 aliphatic rings. The first-order valence-electron chi connectivity index (χ1n) is 6.83. The van der Waals surface area contributed by atoms with E-state index in [4.69, 9.17) is 4.74 Å². The minimum Gasteiger partial charge on any atom is -0.381 e. The average Bonchev–Trinajstić information content (AvgIpc) is 2.39.